The van der Waals surface area contributed by atoms with Crippen LogP contribution in [0.25, 0.3) is 0 Å². The maximum absolute atomic E-state index is 12.0. The second-order valence-corrected chi connectivity index (χ2v) is 5.08. The van der Waals surface area contributed by atoms with Crippen molar-refractivity contribution in [1.82, 2.24) is 4.90 Å². The minimum Gasteiger partial charge on any atom is -0.481 e. The van der Waals surface area contributed by atoms with Gasteiger partial charge in [0.1, 0.15) is 0 Å². The lowest BCUT2D eigenvalue weighted by molar-refractivity contribution is -0.149. The topological polar surface area (TPSA) is 40.5 Å². The summed E-state index contributed by atoms with van der Waals surface area (Å²) in [6, 6.07) is 0. The molecule has 1 aliphatic rings. The third-order valence-corrected chi connectivity index (χ3v) is 3.55. The molecule has 1 heterocycles. The molecular formula is C12H20F3NO2. The Hall–Kier alpha value is -0.780. The zero-order valence-corrected chi connectivity index (χ0v) is 10.6. The van der Waals surface area contributed by atoms with E-state index in [1.165, 1.54) is 0 Å². The molecule has 18 heavy (non-hydrogen) atoms. The Bertz CT molecular complexity index is 294. The van der Waals surface area contributed by atoms with Gasteiger partial charge >= 0.3 is 12.1 Å². The minimum atomic E-state index is -4.12. The number of rotatable bonds is 6. The van der Waals surface area contributed by atoms with Crippen LogP contribution in [-0.2, 0) is 4.79 Å². The van der Waals surface area contributed by atoms with Crippen molar-refractivity contribution in [1.29, 1.82) is 0 Å². The van der Waals surface area contributed by atoms with Gasteiger partial charge in [-0.05, 0) is 32.4 Å². The highest BCUT2D eigenvalue weighted by Gasteiger charge is 2.43. The molecule has 3 nitrogen and oxygen atoms in total. The zero-order chi connectivity index (χ0) is 13.8. The van der Waals surface area contributed by atoms with E-state index in [4.69, 9.17) is 0 Å². The molecule has 0 aliphatic carbocycles. The van der Waals surface area contributed by atoms with Crippen LogP contribution in [0.3, 0.4) is 0 Å². The molecule has 0 aromatic carbocycles. The Labute approximate surface area is 105 Å². The van der Waals surface area contributed by atoms with Crippen molar-refractivity contribution < 1.29 is 23.1 Å². The Morgan fingerprint density at radius 1 is 1.44 bits per heavy atom. The molecule has 1 rings (SSSR count). The summed E-state index contributed by atoms with van der Waals surface area (Å²) < 4.78 is 36.1. The minimum absolute atomic E-state index is 0.0469. The van der Waals surface area contributed by atoms with Crippen LogP contribution in [0.5, 0.6) is 0 Å². The van der Waals surface area contributed by atoms with Gasteiger partial charge in [0.25, 0.3) is 0 Å². The third kappa shape index (κ3) is 4.15. The highest BCUT2D eigenvalue weighted by Crippen LogP contribution is 2.35. The number of carboxylic acids is 1. The monoisotopic (exact) mass is 267 g/mol. The number of alkyl halides is 3. The summed E-state index contributed by atoms with van der Waals surface area (Å²) in [6.07, 6.45) is -2.95. The number of aliphatic carboxylic acids is 1. The number of likely N-dealkylation sites (tertiary alicyclic amines) is 1. The summed E-state index contributed by atoms with van der Waals surface area (Å²) in [4.78, 5) is 13.1. The van der Waals surface area contributed by atoms with Gasteiger partial charge in [0.05, 0.1) is 5.41 Å². The summed E-state index contributed by atoms with van der Waals surface area (Å²) >= 11 is 0. The lowest BCUT2D eigenvalue weighted by atomic mass is 9.83. The third-order valence-electron chi connectivity index (χ3n) is 3.55. The molecule has 1 N–H and O–H groups in total. The Balaban J connectivity index is 2.42. The summed E-state index contributed by atoms with van der Waals surface area (Å²) in [5.41, 5.74) is -0.743. The highest BCUT2D eigenvalue weighted by molar-refractivity contribution is 5.75. The summed E-state index contributed by atoms with van der Waals surface area (Å²) in [7, 11) is 0. The van der Waals surface area contributed by atoms with Crippen LogP contribution in [0.4, 0.5) is 13.2 Å². The summed E-state index contributed by atoms with van der Waals surface area (Å²) in [5, 5.41) is 9.26. The number of carboxylic acid groups (broad SMARTS) is 1. The van der Waals surface area contributed by atoms with Crippen molar-refractivity contribution in [3.05, 3.63) is 0 Å². The molecule has 0 aromatic heterocycles. The van der Waals surface area contributed by atoms with Crippen molar-refractivity contribution in [2.75, 3.05) is 19.6 Å². The molecule has 0 spiro atoms. The van der Waals surface area contributed by atoms with E-state index in [1.807, 2.05) is 11.8 Å². The van der Waals surface area contributed by atoms with Gasteiger partial charge in [-0.3, -0.25) is 4.79 Å². The first kappa shape index (κ1) is 15.3. The predicted molar refractivity (Wildman–Crippen MR) is 61.3 cm³/mol. The Morgan fingerprint density at radius 2 is 2.11 bits per heavy atom. The fraction of sp³-hybridized carbons (Fsp3) is 0.917. The zero-order valence-electron chi connectivity index (χ0n) is 10.6. The molecule has 1 fully saturated rings. The van der Waals surface area contributed by atoms with Crippen LogP contribution in [0.1, 0.15) is 39.0 Å². The van der Waals surface area contributed by atoms with Crippen molar-refractivity contribution >= 4 is 5.97 Å². The molecule has 6 heteroatoms. The fourth-order valence-electron chi connectivity index (χ4n) is 2.62. The van der Waals surface area contributed by atoms with E-state index in [0.29, 0.717) is 32.5 Å². The average molecular weight is 267 g/mol. The number of nitrogens with zero attached hydrogens (tertiary/aromatic N) is 1. The maximum Gasteiger partial charge on any atom is 0.389 e. The van der Waals surface area contributed by atoms with Gasteiger partial charge < -0.3 is 10.0 Å². The van der Waals surface area contributed by atoms with E-state index in [-0.39, 0.29) is 6.42 Å². The Kier molecular flexibility index (Phi) is 5.01. The van der Waals surface area contributed by atoms with E-state index in [2.05, 4.69) is 0 Å². The van der Waals surface area contributed by atoms with Crippen molar-refractivity contribution in [3.8, 4) is 0 Å². The van der Waals surface area contributed by atoms with E-state index >= 15 is 0 Å². The first-order valence-corrected chi connectivity index (χ1v) is 6.31. The molecule has 0 amide bonds. The van der Waals surface area contributed by atoms with Crippen molar-refractivity contribution in [2.45, 2.75) is 45.2 Å². The molecule has 0 bridgehead atoms. The summed E-state index contributed by atoms with van der Waals surface area (Å²) in [6.45, 7) is 3.23. The molecule has 1 aliphatic heterocycles. The van der Waals surface area contributed by atoms with Gasteiger partial charge in [0.2, 0.25) is 0 Å². The van der Waals surface area contributed by atoms with E-state index in [1.54, 1.807) is 0 Å². The Morgan fingerprint density at radius 3 is 2.61 bits per heavy atom. The van der Waals surface area contributed by atoms with Gasteiger partial charge in [-0.25, -0.2) is 0 Å². The average Bonchev–Trinajstić information content (AvgIpc) is 2.61. The smallest absolute Gasteiger partial charge is 0.389 e. The molecule has 0 saturated carbocycles. The van der Waals surface area contributed by atoms with Crippen LogP contribution in [0.15, 0.2) is 0 Å². The number of hydrogen-bond donors (Lipinski definition) is 1. The van der Waals surface area contributed by atoms with Gasteiger partial charge in [-0.2, -0.15) is 13.2 Å². The number of halogens is 3. The van der Waals surface area contributed by atoms with Crippen LogP contribution < -0.4 is 0 Å². The fourth-order valence-corrected chi connectivity index (χ4v) is 2.62. The molecule has 106 valence electrons. The highest BCUT2D eigenvalue weighted by atomic mass is 19.4. The van der Waals surface area contributed by atoms with Gasteiger partial charge in [0, 0.05) is 13.0 Å². The van der Waals surface area contributed by atoms with Crippen LogP contribution in [-0.4, -0.2) is 41.8 Å². The largest absolute Gasteiger partial charge is 0.481 e. The van der Waals surface area contributed by atoms with Crippen LogP contribution in [0, 0.1) is 5.41 Å². The molecule has 0 aromatic rings. The number of carbonyl (C=O) groups is 1. The van der Waals surface area contributed by atoms with Crippen molar-refractivity contribution in [2.24, 2.45) is 5.41 Å². The predicted octanol–water partition coefficient (Wildman–Crippen LogP) is 2.91. The standard InChI is InChI=1S/C12H20F3NO2/c1-2-4-11(10(17)18)6-8-16(9-11)7-3-5-12(13,14)15/h2-9H2,1H3,(H,17,18). The van der Waals surface area contributed by atoms with Gasteiger partial charge in [-0.15, -0.1) is 0 Å². The molecule has 1 saturated heterocycles. The van der Waals surface area contributed by atoms with Crippen molar-refractivity contribution in [3.63, 3.8) is 0 Å². The van der Waals surface area contributed by atoms with Gasteiger partial charge in [0.15, 0.2) is 0 Å². The summed E-state index contributed by atoms with van der Waals surface area (Å²) in [5.74, 6) is -0.817. The molecular weight excluding hydrogens is 247 g/mol. The van der Waals surface area contributed by atoms with Crippen LogP contribution >= 0.6 is 0 Å². The molecule has 0 radical (unpaired) electrons. The lowest BCUT2D eigenvalue weighted by Gasteiger charge is -2.24. The first-order valence-electron chi connectivity index (χ1n) is 6.31. The van der Waals surface area contributed by atoms with E-state index in [0.717, 1.165) is 6.42 Å². The molecule has 1 unspecified atom stereocenters. The second kappa shape index (κ2) is 5.91. The van der Waals surface area contributed by atoms with Gasteiger partial charge in [-0.1, -0.05) is 13.3 Å². The second-order valence-electron chi connectivity index (χ2n) is 5.08. The first-order chi connectivity index (χ1) is 8.29. The van der Waals surface area contributed by atoms with E-state index < -0.39 is 24.0 Å². The normalized spacial score (nSPS) is 25.6. The molecule has 1 atom stereocenters. The lowest BCUT2D eigenvalue weighted by Crippen LogP contribution is -2.35. The SMILES string of the molecule is CCCC1(C(=O)O)CCN(CCCC(F)(F)F)C1. The maximum atomic E-state index is 12.0. The van der Waals surface area contributed by atoms with E-state index in [9.17, 15) is 23.1 Å². The van der Waals surface area contributed by atoms with Crippen LogP contribution in [0.2, 0.25) is 0 Å². The number of hydrogen-bond acceptors (Lipinski definition) is 2. The quantitative estimate of drug-likeness (QED) is 0.804.